The molecule has 1 fully saturated rings. The van der Waals surface area contributed by atoms with Gasteiger partial charge in [0.1, 0.15) is 11.6 Å². The van der Waals surface area contributed by atoms with Crippen LogP contribution in [0.3, 0.4) is 0 Å². The monoisotopic (exact) mass is 334 g/mol. The van der Waals surface area contributed by atoms with Crippen molar-refractivity contribution in [2.75, 3.05) is 13.1 Å². The summed E-state index contributed by atoms with van der Waals surface area (Å²) in [4.78, 5) is 25.8. The number of rotatable bonds is 3. The summed E-state index contributed by atoms with van der Waals surface area (Å²) in [5.74, 6) is -4.94. The van der Waals surface area contributed by atoms with Crippen LogP contribution in [0.1, 0.15) is 48.0 Å². The van der Waals surface area contributed by atoms with Gasteiger partial charge in [-0.1, -0.05) is 20.8 Å². The van der Waals surface area contributed by atoms with E-state index in [-0.39, 0.29) is 19.0 Å². The summed E-state index contributed by atoms with van der Waals surface area (Å²) in [5, 5.41) is 2.53. The van der Waals surface area contributed by atoms with Gasteiger partial charge in [0.2, 0.25) is 5.91 Å². The van der Waals surface area contributed by atoms with Crippen LogP contribution in [-0.2, 0) is 9.53 Å². The molecule has 1 rings (SSSR count). The smallest absolute Gasteiger partial charge is 0.408 e. The first-order chi connectivity index (χ1) is 10.4. The van der Waals surface area contributed by atoms with Gasteiger partial charge in [-0.15, -0.1) is 0 Å². The Morgan fingerprint density at radius 2 is 1.74 bits per heavy atom. The fourth-order valence-electron chi connectivity index (χ4n) is 2.65. The second kappa shape index (κ2) is 7.01. The number of piperidine rings is 1. The molecule has 0 bridgehead atoms. The first-order valence-electron chi connectivity index (χ1n) is 8.04. The average molecular weight is 334 g/mol. The van der Waals surface area contributed by atoms with Gasteiger partial charge in [-0.2, -0.15) is 0 Å². The number of nitrogens with one attached hydrogen (secondary N) is 1. The molecule has 7 heteroatoms. The normalized spacial score (nSPS) is 25.7. The minimum Gasteiger partial charge on any atom is -0.444 e. The molecule has 3 atom stereocenters. The molecule has 0 spiro atoms. The molecule has 0 saturated carbocycles. The molecule has 134 valence electrons. The summed E-state index contributed by atoms with van der Waals surface area (Å²) in [7, 11) is 0. The van der Waals surface area contributed by atoms with E-state index in [1.165, 1.54) is 18.7 Å². The van der Waals surface area contributed by atoms with Crippen LogP contribution in [0.4, 0.5) is 13.6 Å². The molecule has 1 aliphatic rings. The lowest BCUT2D eigenvalue weighted by Crippen LogP contribution is -2.57. The van der Waals surface area contributed by atoms with Crippen molar-refractivity contribution in [1.29, 1.82) is 0 Å². The van der Waals surface area contributed by atoms with Crippen LogP contribution in [0.15, 0.2) is 0 Å². The highest BCUT2D eigenvalue weighted by Crippen LogP contribution is 2.37. The lowest BCUT2D eigenvalue weighted by Gasteiger charge is -2.42. The van der Waals surface area contributed by atoms with Crippen molar-refractivity contribution in [3.63, 3.8) is 0 Å². The van der Waals surface area contributed by atoms with Crippen LogP contribution >= 0.6 is 0 Å². The molecule has 0 aromatic carbocycles. The first kappa shape index (κ1) is 19.6. The second-order valence-corrected chi connectivity index (χ2v) is 7.33. The zero-order chi connectivity index (χ0) is 18.0. The standard InChI is InChI=1S/C16H28F2N2O3/c1-7-12(19-14(22)23-15(4,5)6)13(21)20-8-10(2)16(17,18)11(3)9-20/h10-12H,7-9H2,1-6H3,(H,19,22)/t10-,11+,12-/m0/s1. The molecule has 1 N–H and O–H groups in total. The second-order valence-electron chi connectivity index (χ2n) is 7.33. The summed E-state index contributed by atoms with van der Waals surface area (Å²) in [5.41, 5.74) is -0.665. The number of carbonyl (C=O) groups excluding carboxylic acids is 2. The number of hydrogen-bond acceptors (Lipinski definition) is 3. The molecular formula is C16H28F2N2O3. The number of likely N-dealkylation sites (tertiary alicyclic amines) is 1. The fraction of sp³-hybridized carbons (Fsp3) is 0.875. The van der Waals surface area contributed by atoms with E-state index in [4.69, 9.17) is 4.74 Å². The Morgan fingerprint density at radius 3 is 2.13 bits per heavy atom. The van der Waals surface area contributed by atoms with E-state index in [9.17, 15) is 18.4 Å². The predicted molar refractivity (Wildman–Crippen MR) is 83.3 cm³/mol. The van der Waals surface area contributed by atoms with E-state index >= 15 is 0 Å². The van der Waals surface area contributed by atoms with Crippen molar-refractivity contribution in [3.8, 4) is 0 Å². The Bertz CT molecular complexity index is 435. The Morgan fingerprint density at radius 1 is 1.26 bits per heavy atom. The summed E-state index contributed by atoms with van der Waals surface area (Å²) in [6.45, 7) is 9.80. The Hall–Kier alpha value is -1.40. The van der Waals surface area contributed by atoms with E-state index in [1.807, 2.05) is 0 Å². The molecule has 23 heavy (non-hydrogen) atoms. The minimum atomic E-state index is -2.78. The molecule has 1 aliphatic heterocycles. The zero-order valence-corrected chi connectivity index (χ0v) is 14.8. The molecule has 0 radical (unpaired) electrons. The Labute approximate surface area is 136 Å². The van der Waals surface area contributed by atoms with Gasteiger partial charge >= 0.3 is 6.09 Å². The molecule has 0 aromatic heterocycles. The number of halogens is 2. The van der Waals surface area contributed by atoms with Gasteiger partial charge in [0.25, 0.3) is 5.92 Å². The SMILES string of the molecule is CC[C@H](NC(=O)OC(C)(C)C)C(=O)N1C[C@@H](C)C(F)(F)[C@@H](C)C1. The van der Waals surface area contributed by atoms with Gasteiger partial charge in [0, 0.05) is 24.9 Å². The molecule has 5 nitrogen and oxygen atoms in total. The third kappa shape index (κ3) is 5.04. The molecular weight excluding hydrogens is 306 g/mol. The van der Waals surface area contributed by atoms with Gasteiger partial charge in [-0.3, -0.25) is 4.79 Å². The lowest BCUT2D eigenvalue weighted by atomic mass is 9.87. The van der Waals surface area contributed by atoms with Crippen LogP contribution < -0.4 is 5.32 Å². The third-order valence-corrected chi connectivity index (χ3v) is 4.01. The van der Waals surface area contributed by atoms with Crippen molar-refractivity contribution < 1.29 is 23.1 Å². The maximum absolute atomic E-state index is 13.9. The van der Waals surface area contributed by atoms with E-state index in [1.54, 1.807) is 27.7 Å². The fourth-order valence-corrected chi connectivity index (χ4v) is 2.65. The summed E-state index contributed by atoms with van der Waals surface area (Å²) < 4.78 is 32.9. The van der Waals surface area contributed by atoms with Crippen LogP contribution in [0, 0.1) is 11.8 Å². The van der Waals surface area contributed by atoms with Gasteiger partial charge in [-0.25, -0.2) is 13.6 Å². The summed E-state index contributed by atoms with van der Waals surface area (Å²) in [6.07, 6.45) is -0.311. The molecule has 0 unspecified atom stereocenters. The van der Waals surface area contributed by atoms with Crippen LogP contribution in [0.25, 0.3) is 0 Å². The molecule has 2 amide bonds. The first-order valence-corrected chi connectivity index (χ1v) is 8.04. The largest absolute Gasteiger partial charge is 0.444 e. The Balaban J connectivity index is 2.72. The topological polar surface area (TPSA) is 58.6 Å². The highest BCUT2D eigenvalue weighted by Gasteiger charge is 2.48. The van der Waals surface area contributed by atoms with E-state index in [0.717, 1.165) is 0 Å². The minimum absolute atomic E-state index is 0.0112. The lowest BCUT2D eigenvalue weighted by molar-refractivity contribution is -0.159. The van der Waals surface area contributed by atoms with Gasteiger partial charge in [0.15, 0.2) is 0 Å². The van der Waals surface area contributed by atoms with Crippen molar-refractivity contribution in [1.82, 2.24) is 10.2 Å². The van der Waals surface area contributed by atoms with E-state index in [0.29, 0.717) is 6.42 Å². The van der Waals surface area contributed by atoms with Crippen molar-refractivity contribution in [2.45, 2.75) is 65.5 Å². The van der Waals surface area contributed by atoms with Gasteiger partial charge in [-0.05, 0) is 27.2 Å². The summed E-state index contributed by atoms with van der Waals surface area (Å²) >= 11 is 0. The summed E-state index contributed by atoms with van der Waals surface area (Å²) in [6, 6.07) is -0.768. The number of nitrogens with zero attached hydrogens (tertiary/aromatic N) is 1. The zero-order valence-electron chi connectivity index (χ0n) is 14.8. The third-order valence-electron chi connectivity index (χ3n) is 4.01. The van der Waals surface area contributed by atoms with E-state index < -0.39 is 35.5 Å². The van der Waals surface area contributed by atoms with E-state index in [2.05, 4.69) is 5.32 Å². The molecule has 1 saturated heterocycles. The number of ether oxygens (including phenoxy) is 1. The maximum Gasteiger partial charge on any atom is 0.408 e. The van der Waals surface area contributed by atoms with Crippen molar-refractivity contribution in [2.24, 2.45) is 11.8 Å². The number of amides is 2. The van der Waals surface area contributed by atoms with Crippen LogP contribution in [-0.4, -0.2) is 47.6 Å². The Kier molecular flexibility index (Phi) is 5.99. The quantitative estimate of drug-likeness (QED) is 0.863. The number of alkyl carbamates (subject to hydrolysis) is 1. The highest BCUT2D eigenvalue weighted by molar-refractivity contribution is 5.85. The molecule has 1 heterocycles. The number of carbonyl (C=O) groups is 2. The van der Waals surface area contributed by atoms with Crippen molar-refractivity contribution in [3.05, 3.63) is 0 Å². The molecule has 0 aliphatic carbocycles. The number of alkyl halides is 2. The highest BCUT2D eigenvalue weighted by atomic mass is 19.3. The van der Waals surface area contributed by atoms with Gasteiger partial charge < -0.3 is 15.0 Å². The molecule has 0 aromatic rings. The average Bonchev–Trinajstić information content (AvgIpc) is 2.39. The van der Waals surface area contributed by atoms with Crippen LogP contribution in [0.2, 0.25) is 0 Å². The predicted octanol–water partition coefficient (Wildman–Crippen LogP) is 3.04. The maximum atomic E-state index is 13.9. The van der Waals surface area contributed by atoms with Crippen molar-refractivity contribution >= 4 is 12.0 Å². The van der Waals surface area contributed by atoms with Gasteiger partial charge in [0.05, 0.1) is 0 Å². The van der Waals surface area contributed by atoms with Crippen LogP contribution in [0.5, 0.6) is 0 Å². The number of hydrogen-bond donors (Lipinski definition) is 1.